The van der Waals surface area contributed by atoms with Crippen LogP contribution >= 0.6 is 0 Å². The van der Waals surface area contributed by atoms with E-state index in [9.17, 15) is 4.79 Å². The highest BCUT2D eigenvalue weighted by Crippen LogP contribution is 1.98. The van der Waals surface area contributed by atoms with E-state index in [0.29, 0.717) is 30.9 Å². The lowest BCUT2D eigenvalue weighted by molar-refractivity contribution is 0.0953. The van der Waals surface area contributed by atoms with Gasteiger partial charge in [-0.3, -0.25) is 9.78 Å². The van der Waals surface area contributed by atoms with E-state index >= 15 is 0 Å². The molecule has 1 aromatic heterocycles. The Labute approximate surface area is 105 Å². The molecule has 0 bridgehead atoms. The molecule has 1 amide bonds. The van der Waals surface area contributed by atoms with Crippen LogP contribution in [0.1, 0.15) is 16.1 Å². The van der Waals surface area contributed by atoms with Gasteiger partial charge < -0.3 is 20.9 Å². The molecule has 0 aromatic carbocycles. The van der Waals surface area contributed by atoms with Crippen molar-refractivity contribution in [2.45, 2.75) is 0 Å². The standard InChI is InChI=1S/C11H16N4O3/c16-6-5-12-3-4-13-11(17)9-1-2-10(8-15-18)14-7-9/h1-2,7-8,12,16,18H,3-6H2,(H,13,17)/b15-8-. The third-order valence-corrected chi connectivity index (χ3v) is 2.11. The van der Waals surface area contributed by atoms with Crippen molar-refractivity contribution in [1.82, 2.24) is 15.6 Å². The van der Waals surface area contributed by atoms with Crippen molar-refractivity contribution in [2.24, 2.45) is 5.16 Å². The summed E-state index contributed by atoms with van der Waals surface area (Å²) in [4.78, 5) is 15.6. The lowest BCUT2D eigenvalue weighted by Gasteiger charge is -2.05. The Bertz CT molecular complexity index is 392. The molecule has 0 spiro atoms. The van der Waals surface area contributed by atoms with E-state index in [-0.39, 0.29) is 12.5 Å². The van der Waals surface area contributed by atoms with Gasteiger partial charge in [-0.2, -0.15) is 0 Å². The van der Waals surface area contributed by atoms with Gasteiger partial charge in [0.15, 0.2) is 0 Å². The average Bonchev–Trinajstić information content (AvgIpc) is 2.39. The molecule has 0 aliphatic carbocycles. The zero-order valence-corrected chi connectivity index (χ0v) is 9.83. The molecule has 0 fully saturated rings. The molecule has 0 saturated heterocycles. The smallest absolute Gasteiger partial charge is 0.252 e. The van der Waals surface area contributed by atoms with Crippen molar-refractivity contribution < 1.29 is 15.1 Å². The van der Waals surface area contributed by atoms with Gasteiger partial charge in [0.25, 0.3) is 5.91 Å². The van der Waals surface area contributed by atoms with Gasteiger partial charge in [-0.25, -0.2) is 0 Å². The van der Waals surface area contributed by atoms with Gasteiger partial charge in [0.1, 0.15) is 0 Å². The fourth-order valence-electron chi connectivity index (χ4n) is 1.25. The van der Waals surface area contributed by atoms with Gasteiger partial charge >= 0.3 is 0 Å². The molecule has 4 N–H and O–H groups in total. The molecule has 0 aliphatic rings. The summed E-state index contributed by atoms with van der Waals surface area (Å²) in [7, 11) is 0. The Morgan fingerprint density at radius 2 is 2.22 bits per heavy atom. The minimum absolute atomic E-state index is 0.0751. The number of hydrogen-bond acceptors (Lipinski definition) is 6. The van der Waals surface area contributed by atoms with Crippen molar-refractivity contribution in [3.63, 3.8) is 0 Å². The van der Waals surface area contributed by atoms with Crippen LogP contribution in [0.3, 0.4) is 0 Å². The van der Waals surface area contributed by atoms with Crippen molar-refractivity contribution in [1.29, 1.82) is 0 Å². The van der Waals surface area contributed by atoms with Gasteiger partial charge in [-0.1, -0.05) is 5.16 Å². The van der Waals surface area contributed by atoms with E-state index in [2.05, 4.69) is 20.8 Å². The summed E-state index contributed by atoms with van der Waals surface area (Å²) in [5.41, 5.74) is 0.908. The fraction of sp³-hybridized carbons (Fsp3) is 0.364. The first-order valence-corrected chi connectivity index (χ1v) is 5.51. The largest absolute Gasteiger partial charge is 0.411 e. The summed E-state index contributed by atoms with van der Waals surface area (Å²) in [6, 6.07) is 3.18. The number of nitrogens with one attached hydrogen (secondary N) is 2. The van der Waals surface area contributed by atoms with Crippen LogP contribution in [-0.2, 0) is 0 Å². The predicted octanol–water partition coefficient (Wildman–Crippen LogP) is -0.799. The lowest BCUT2D eigenvalue weighted by Crippen LogP contribution is -2.32. The molecule has 0 atom stereocenters. The van der Waals surface area contributed by atoms with Crippen molar-refractivity contribution in [2.75, 3.05) is 26.2 Å². The van der Waals surface area contributed by atoms with Crippen LogP contribution in [-0.4, -0.2) is 53.7 Å². The lowest BCUT2D eigenvalue weighted by atomic mass is 10.2. The average molecular weight is 252 g/mol. The number of oxime groups is 1. The molecule has 18 heavy (non-hydrogen) atoms. The number of amides is 1. The van der Waals surface area contributed by atoms with Gasteiger partial charge in [0.05, 0.1) is 24.1 Å². The molecule has 98 valence electrons. The minimum atomic E-state index is -0.221. The number of rotatable bonds is 7. The Morgan fingerprint density at radius 1 is 1.39 bits per heavy atom. The van der Waals surface area contributed by atoms with Crippen molar-refractivity contribution >= 4 is 12.1 Å². The zero-order valence-electron chi connectivity index (χ0n) is 9.83. The molecule has 0 radical (unpaired) electrons. The molecule has 0 saturated carbocycles. The van der Waals surface area contributed by atoms with Crippen LogP contribution in [0.2, 0.25) is 0 Å². The second kappa shape index (κ2) is 8.15. The molecule has 0 aliphatic heterocycles. The van der Waals surface area contributed by atoms with E-state index in [1.165, 1.54) is 12.4 Å². The monoisotopic (exact) mass is 252 g/mol. The van der Waals surface area contributed by atoms with Crippen molar-refractivity contribution in [3.05, 3.63) is 29.6 Å². The molecule has 1 heterocycles. The SMILES string of the molecule is O=C(NCCNCCO)c1ccc(/C=N\O)nc1. The topological polar surface area (TPSA) is 107 Å². The third kappa shape index (κ3) is 4.89. The highest BCUT2D eigenvalue weighted by Gasteiger charge is 2.04. The number of hydrogen-bond donors (Lipinski definition) is 4. The maximum absolute atomic E-state index is 11.6. The number of aliphatic hydroxyl groups excluding tert-OH is 1. The molecule has 1 aromatic rings. The number of aromatic nitrogens is 1. The summed E-state index contributed by atoms with van der Waals surface area (Å²) >= 11 is 0. The fourth-order valence-corrected chi connectivity index (χ4v) is 1.25. The Balaban J connectivity index is 2.37. The summed E-state index contributed by atoms with van der Waals surface area (Å²) in [5.74, 6) is -0.221. The zero-order chi connectivity index (χ0) is 13.2. The van der Waals surface area contributed by atoms with E-state index in [4.69, 9.17) is 10.3 Å². The van der Waals surface area contributed by atoms with Gasteiger partial charge in [0.2, 0.25) is 0 Å². The Hall–Kier alpha value is -1.99. The maximum Gasteiger partial charge on any atom is 0.252 e. The van der Waals surface area contributed by atoms with Crippen molar-refractivity contribution in [3.8, 4) is 0 Å². The molecule has 0 unspecified atom stereocenters. The maximum atomic E-state index is 11.6. The molecular weight excluding hydrogens is 236 g/mol. The quantitative estimate of drug-likeness (QED) is 0.220. The molecule has 7 heteroatoms. The molecule has 1 rings (SSSR count). The van der Waals surface area contributed by atoms with Crippen LogP contribution < -0.4 is 10.6 Å². The van der Waals surface area contributed by atoms with Crippen LogP contribution in [0.25, 0.3) is 0 Å². The Morgan fingerprint density at radius 3 is 2.83 bits per heavy atom. The number of carbonyl (C=O) groups excluding carboxylic acids is 1. The van der Waals surface area contributed by atoms with Crippen LogP contribution in [0.4, 0.5) is 0 Å². The number of carbonyl (C=O) groups is 1. The Kier molecular flexibility index (Phi) is 6.37. The first kappa shape index (κ1) is 14.1. The van der Waals surface area contributed by atoms with Crippen LogP contribution in [0.15, 0.2) is 23.5 Å². The van der Waals surface area contributed by atoms with Gasteiger partial charge in [-0.05, 0) is 12.1 Å². The molecular formula is C11H16N4O3. The van der Waals surface area contributed by atoms with E-state index in [1.54, 1.807) is 12.1 Å². The first-order chi connectivity index (χ1) is 8.77. The summed E-state index contributed by atoms with van der Waals surface area (Å²) in [6.45, 7) is 1.64. The summed E-state index contributed by atoms with van der Waals surface area (Å²) < 4.78 is 0. The van der Waals surface area contributed by atoms with Crippen LogP contribution in [0, 0.1) is 0 Å². The molecule has 7 nitrogen and oxygen atoms in total. The van der Waals surface area contributed by atoms with E-state index in [1.807, 2.05) is 0 Å². The second-order valence-electron chi connectivity index (χ2n) is 3.45. The summed E-state index contributed by atoms with van der Waals surface area (Å²) in [6.07, 6.45) is 2.59. The normalized spacial score (nSPS) is 10.7. The highest BCUT2D eigenvalue weighted by atomic mass is 16.4. The number of pyridine rings is 1. The van der Waals surface area contributed by atoms with E-state index in [0.717, 1.165) is 0 Å². The van der Waals surface area contributed by atoms with E-state index < -0.39 is 0 Å². The summed E-state index contributed by atoms with van der Waals surface area (Å²) in [5, 5.41) is 25.3. The predicted molar refractivity (Wildman–Crippen MR) is 65.9 cm³/mol. The van der Waals surface area contributed by atoms with Crippen LogP contribution in [0.5, 0.6) is 0 Å². The van der Waals surface area contributed by atoms with Gasteiger partial charge in [0, 0.05) is 25.8 Å². The first-order valence-electron chi connectivity index (χ1n) is 5.51. The number of nitrogens with zero attached hydrogens (tertiary/aromatic N) is 2. The highest BCUT2D eigenvalue weighted by molar-refractivity contribution is 5.94. The number of aliphatic hydroxyl groups is 1. The minimum Gasteiger partial charge on any atom is -0.411 e. The van der Waals surface area contributed by atoms with Gasteiger partial charge in [-0.15, -0.1) is 0 Å². The third-order valence-electron chi connectivity index (χ3n) is 2.11. The second-order valence-corrected chi connectivity index (χ2v) is 3.45.